The molecule has 126 valence electrons. The van der Waals surface area contributed by atoms with Crippen LogP contribution in [0.2, 0.25) is 0 Å². The number of halogens is 1. The Balaban J connectivity index is 0.000000647. The lowest BCUT2D eigenvalue weighted by molar-refractivity contribution is -0.133. The SMILES string of the molecule is COF.CS(=O)c1ccc(C2=C(c3ccccc3)C(=O)OC2)cc1. The zero-order valence-corrected chi connectivity index (χ0v) is 14.1. The molecule has 2 aromatic rings. The lowest BCUT2D eigenvalue weighted by atomic mass is 9.97. The lowest BCUT2D eigenvalue weighted by Crippen LogP contribution is -1.98. The van der Waals surface area contributed by atoms with Crippen molar-refractivity contribution in [3.05, 3.63) is 65.7 Å². The molecule has 1 aliphatic heterocycles. The normalized spacial score (nSPS) is 14.7. The fourth-order valence-electron chi connectivity index (χ4n) is 2.38. The van der Waals surface area contributed by atoms with Gasteiger partial charge in [-0.3, -0.25) is 4.21 Å². The summed E-state index contributed by atoms with van der Waals surface area (Å²) < 4.78 is 26.4. The summed E-state index contributed by atoms with van der Waals surface area (Å²) >= 11 is 0. The molecule has 1 unspecified atom stereocenters. The average molecular weight is 348 g/mol. The fraction of sp³-hybridized carbons (Fsp3) is 0.167. The van der Waals surface area contributed by atoms with Crippen LogP contribution in [-0.4, -0.2) is 30.2 Å². The van der Waals surface area contributed by atoms with E-state index in [0.717, 1.165) is 28.7 Å². The molecule has 0 bridgehead atoms. The smallest absolute Gasteiger partial charge is 0.339 e. The van der Waals surface area contributed by atoms with Gasteiger partial charge in [0.25, 0.3) is 0 Å². The molecule has 0 amide bonds. The maximum Gasteiger partial charge on any atom is 0.339 e. The highest BCUT2D eigenvalue weighted by atomic mass is 32.2. The van der Waals surface area contributed by atoms with E-state index in [-0.39, 0.29) is 12.6 Å². The van der Waals surface area contributed by atoms with Crippen LogP contribution in [0.25, 0.3) is 11.1 Å². The predicted octanol–water partition coefficient (Wildman–Crippen LogP) is 3.41. The van der Waals surface area contributed by atoms with Crippen molar-refractivity contribution >= 4 is 27.9 Å². The first-order valence-electron chi connectivity index (χ1n) is 7.12. The van der Waals surface area contributed by atoms with Gasteiger partial charge in [0.15, 0.2) is 0 Å². The van der Waals surface area contributed by atoms with Crippen LogP contribution in [-0.2, 0) is 25.3 Å². The second-order valence-electron chi connectivity index (χ2n) is 4.93. The van der Waals surface area contributed by atoms with E-state index in [1.165, 1.54) is 0 Å². The molecule has 4 nitrogen and oxygen atoms in total. The van der Waals surface area contributed by atoms with E-state index < -0.39 is 10.8 Å². The van der Waals surface area contributed by atoms with Gasteiger partial charge in [-0.25, -0.2) is 4.79 Å². The van der Waals surface area contributed by atoms with Crippen molar-refractivity contribution in [1.29, 1.82) is 0 Å². The maximum absolute atomic E-state index is 12.0. The number of carbonyl (C=O) groups excluding carboxylic acids is 1. The Morgan fingerprint density at radius 3 is 2.17 bits per heavy atom. The molecule has 0 spiro atoms. The first-order valence-corrected chi connectivity index (χ1v) is 8.68. The Morgan fingerprint density at radius 1 is 1.04 bits per heavy atom. The molecule has 6 heteroatoms. The molecule has 0 saturated carbocycles. The summed E-state index contributed by atoms with van der Waals surface area (Å²) in [4.78, 5) is 15.5. The van der Waals surface area contributed by atoms with Gasteiger partial charge >= 0.3 is 5.97 Å². The minimum atomic E-state index is -1.00. The molecular formula is C18H17FO4S. The summed E-state index contributed by atoms with van der Waals surface area (Å²) in [7, 11) is -0.0464. The highest BCUT2D eigenvalue weighted by Crippen LogP contribution is 2.32. The average Bonchev–Trinajstić information content (AvgIpc) is 2.98. The molecule has 0 N–H and O–H groups in total. The lowest BCUT2D eigenvalue weighted by Gasteiger charge is -2.05. The maximum atomic E-state index is 12.0. The van der Waals surface area contributed by atoms with Gasteiger partial charge in [-0.15, -0.1) is 0 Å². The molecule has 1 aliphatic rings. The highest BCUT2D eigenvalue weighted by Gasteiger charge is 2.26. The van der Waals surface area contributed by atoms with E-state index in [1.54, 1.807) is 6.26 Å². The summed E-state index contributed by atoms with van der Waals surface area (Å²) in [6, 6.07) is 16.9. The minimum absolute atomic E-state index is 0.275. The quantitative estimate of drug-likeness (QED) is 0.798. The largest absolute Gasteiger partial charge is 0.457 e. The molecule has 2 aromatic carbocycles. The molecular weight excluding hydrogens is 331 g/mol. The molecule has 24 heavy (non-hydrogen) atoms. The van der Waals surface area contributed by atoms with E-state index in [9.17, 15) is 13.5 Å². The fourth-order valence-corrected chi connectivity index (χ4v) is 2.90. The Hall–Kier alpha value is -2.31. The number of rotatable bonds is 3. The Morgan fingerprint density at radius 2 is 1.62 bits per heavy atom. The number of benzene rings is 2. The van der Waals surface area contributed by atoms with Crippen molar-refractivity contribution in [3.8, 4) is 0 Å². The second-order valence-corrected chi connectivity index (χ2v) is 6.31. The highest BCUT2D eigenvalue weighted by molar-refractivity contribution is 7.84. The van der Waals surface area contributed by atoms with Crippen LogP contribution in [0, 0.1) is 0 Å². The molecule has 3 rings (SSSR count). The number of cyclic esters (lactones) is 1. The summed E-state index contributed by atoms with van der Waals surface area (Å²) in [5.41, 5.74) is 3.27. The van der Waals surface area contributed by atoms with Gasteiger partial charge in [0.05, 0.1) is 12.7 Å². The molecule has 1 heterocycles. The van der Waals surface area contributed by atoms with Gasteiger partial charge in [-0.1, -0.05) is 42.5 Å². The molecule has 0 fully saturated rings. The van der Waals surface area contributed by atoms with Gasteiger partial charge in [0.1, 0.15) is 6.61 Å². The summed E-state index contributed by atoms with van der Waals surface area (Å²) in [5.74, 6) is -0.292. The van der Waals surface area contributed by atoms with Crippen molar-refractivity contribution < 1.29 is 23.2 Å². The van der Waals surface area contributed by atoms with Crippen LogP contribution < -0.4 is 0 Å². The van der Waals surface area contributed by atoms with Crippen LogP contribution >= 0.6 is 0 Å². The number of ether oxygens (including phenoxy) is 1. The van der Waals surface area contributed by atoms with Gasteiger partial charge in [-0.05, 0) is 27.8 Å². The zero-order valence-electron chi connectivity index (χ0n) is 13.3. The van der Waals surface area contributed by atoms with Crippen LogP contribution in [0.3, 0.4) is 0 Å². The number of carbonyl (C=O) groups is 1. The number of esters is 1. The van der Waals surface area contributed by atoms with Crippen molar-refractivity contribution in [1.82, 2.24) is 0 Å². The van der Waals surface area contributed by atoms with Gasteiger partial charge in [0.2, 0.25) is 0 Å². The van der Waals surface area contributed by atoms with E-state index in [1.807, 2.05) is 54.6 Å². The topological polar surface area (TPSA) is 52.6 Å². The predicted molar refractivity (Wildman–Crippen MR) is 91.1 cm³/mol. The molecule has 0 aromatic heterocycles. The number of hydrogen-bond donors (Lipinski definition) is 0. The van der Waals surface area contributed by atoms with Crippen molar-refractivity contribution in [3.63, 3.8) is 0 Å². The monoisotopic (exact) mass is 348 g/mol. The molecule has 1 atom stereocenters. The third kappa shape index (κ3) is 4.15. The van der Waals surface area contributed by atoms with E-state index in [4.69, 9.17) is 4.74 Å². The second kappa shape index (κ2) is 8.52. The summed E-state index contributed by atoms with van der Waals surface area (Å²) in [5, 5.41) is 0. The van der Waals surface area contributed by atoms with E-state index in [0.29, 0.717) is 5.57 Å². The van der Waals surface area contributed by atoms with Gasteiger partial charge in [0, 0.05) is 27.5 Å². The van der Waals surface area contributed by atoms with Crippen LogP contribution in [0.15, 0.2) is 59.5 Å². The molecule has 0 aliphatic carbocycles. The van der Waals surface area contributed by atoms with Crippen LogP contribution in [0.1, 0.15) is 11.1 Å². The molecule has 0 saturated heterocycles. The Kier molecular flexibility index (Phi) is 6.40. The summed E-state index contributed by atoms with van der Waals surface area (Å²) in [6.45, 7) is 0.275. The third-order valence-corrected chi connectivity index (χ3v) is 4.39. The minimum Gasteiger partial charge on any atom is -0.457 e. The zero-order chi connectivity index (χ0) is 17.5. The van der Waals surface area contributed by atoms with Crippen molar-refractivity contribution in [2.75, 3.05) is 20.0 Å². The standard InChI is InChI=1S/C17H14O3S.CH3FO/c1-21(19)14-9-7-12(8-10-14)15-11-20-17(18)16(15)13-5-3-2-4-6-13;1-3-2/h2-10H,11H2,1H3;1H3. The third-order valence-electron chi connectivity index (χ3n) is 3.45. The van der Waals surface area contributed by atoms with Gasteiger partial charge in [-0.2, -0.15) is 4.94 Å². The van der Waals surface area contributed by atoms with E-state index in [2.05, 4.69) is 4.94 Å². The summed E-state index contributed by atoms with van der Waals surface area (Å²) in [6.07, 6.45) is 1.64. The Bertz CT molecular complexity index is 754. The van der Waals surface area contributed by atoms with Crippen molar-refractivity contribution in [2.45, 2.75) is 4.90 Å². The van der Waals surface area contributed by atoms with E-state index >= 15 is 0 Å². The van der Waals surface area contributed by atoms with Crippen LogP contribution in [0.5, 0.6) is 0 Å². The first-order chi connectivity index (χ1) is 11.6. The van der Waals surface area contributed by atoms with Crippen LogP contribution in [0.4, 0.5) is 4.53 Å². The van der Waals surface area contributed by atoms with Crippen molar-refractivity contribution in [2.24, 2.45) is 0 Å². The first kappa shape index (κ1) is 18.0. The number of hydrogen-bond acceptors (Lipinski definition) is 4. The molecule has 0 radical (unpaired) electrons. The Labute approximate surface area is 142 Å². The van der Waals surface area contributed by atoms with Gasteiger partial charge < -0.3 is 4.74 Å².